The van der Waals surface area contributed by atoms with Crippen molar-refractivity contribution in [1.29, 1.82) is 5.26 Å². The van der Waals surface area contributed by atoms with Gasteiger partial charge in [-0.25, -0.2) is 9.67 Å². The number of hydrogen-bond donors (Lipinski definition) is 0. The molecule has 2 heterocycles. The molecule has 3 rings (SSSR count). The maximum absolute atomic E-state index is 12.8. The average Bonchev–Trinajstić information content (AvgIpc) is 3.15. The second-order valence-corrected chi connectivity index (χ2v) is 6.06. The van der Waals surface area contributed by atoms with Crippen molar-refractivity contribution in [3.8, 4) is 17.2 Å². The Morgan fingerprint density at radius 2 is 2.19 bits per heavy atom. The number of methoxy groups -OCH3 is 1. The Kier molecular flexibility index (Phi) is 6.50. The van der Waals surface area contributed by atoms with E-state index in [1.165, 1.54) is 25.4 Å². The number of nitrogens with zero attached hydrogens (tertiary/aromatic N) is 5. The second-order valence-electron chi connectivity index (χ2n) is 5.05. The molecule has 1 aromatic carbocycles. The van der Waals surface area contributed by atoms with Gasteiger partial charge in [0.1, 0.15) is 0 Å². The first-order chi connectivity index (χ1) is 12.0. The zero-order valence-electron chi connectivity index (χ0n) is 14.4. The van der Waals surface area contributed by atoms with Gasteiger partial charge in [0.25, 0.3) is 0 Å². The number of aromatic nitrogens is 3. The molecule has 0 bridgehead atoms. The molecule has 10 heteroatoms. The molecule has 0 aliphatic carbocycles. The van der Waals surface area contributed by atoms with Crippen molar-refractivity contribution in [2.75, 3.05) is 7.11 Å². The molecule has 26 heavy (non-hydrogen) atoms. The van der Waals surface area contributed by atoms with Crippen LogP contribution in [0.15, 0.2) is 29.3 Å². The van der Waals surface area contributed by atoms with Crippen molar-refractivity contribution in [1.82, 2.24) is 14.8 Å². The number of hydrogen-bond acceptors (Lipinski definition) is 8. The maximum Gasteiger partial charge on any atom is 1.00 e. The Morgan fingerprint density at radius 3 is 2.85 bits per heavy atom. The van der Waals surface area contributed by atoms with E-state index in [4.69, 9.17) is 5.26 Å². The van der Waals surface area contributed by atoms with Crippen molar-refractivity contribution in [2.24, 2.45) is 4.99 Å². The number of para-hydroxylation sites is 1. The van der Waals surface area contributed by atoms with Crippen LogP contribution in [0.1, 0.15) is 18.2 Å². The van der Waals surface area contributed by atoms with Crippen LogP contribution in [-0.2, 0) is 16.0 Å². The van der Waals surface area contributed by atoms with Crippen molar-refractivity contribution in [3.63, 3.8) is 0 Å². The third-order valence-corrected chi connectivity index (χ3v) is 4.51. The number of benzene rings is 1. The average molecular weight is 377 g/mol. The molecular weight excluding hydrogens is 365 g/mol. The number of fused-ring (bicyclic) bond motifs is 1. The molecule has 2 aromatic heterocycles. The van der Waals surface area contributed by atoms with Crippen LogP contribution in [0.2, 0.25) is 0 Å². The fourth-order valence-electron chi connectivity index (χ4n) is 2.35. The van der Waals surface area contributed by atoms with E-state index in [2.05, 4.69) is 19.8 Å². The quantitative estimate of drug-likeness (QED) is 0.238. The van der Waals surface area contributed by atoms with Crippen molar-refractivity contribution in [2.45, 2.75) is 13.3 Å². The van der Waals surface area contributed by atoms with Gasteiger partial charge in [-0.1, -0.05) is 23.5 Å². The fraction of sp³-hybridized carbons (Fsp3) is 0.188. The SMILES string of the molecule is COC(=O)Cc1nn(-c2nc3ccccc3s2)c([O-])c1C(C)=NC#N.[Na+]. The van der Waals surface area contributed by atoms with Gasteiger partial charge in [-0.2, -0.15) is 15.4 Å². The molecule has 0 aliphatic rings. The van der Waals surface area contributed by atoms with Gasteiger partial charge in [0.05, 0.1) is 35.2 Å². The summed E-state index contributed by atoms with van der Waals surface area (Å²) in [5.41, 5.74) is 1.26. The molecule has 0 N–H and O–H groups in total. The van der Waals surface area contributed by atoms with Gasteiger partial charge in [-0.05, 0) is 19.1 Å². The Balaban J connectivity index is 0.00000243. The largest absolute Gasteiger partial charge is 1.00 e. The number of nitriles is 1. The second kappa shape index (κ2) is 8.42. The minimum absolute atomic E-state index is 0. The molecule has 0 aliphatic heterocycles. The van der Waals surface area contributed by atoms with E-state index in [-0.39, 0.29) is 52.9 Å². The summed E-state index contributed by atoms with van der Waals surface area (Å²) in [5, 5.41) is 26.1. The summed E-state index contributed by atoms with van der Waals surface area (Å²) >= 11 is 1.30. The van der Waals surface area contributed by atoms with Crippen LogP contribution >= 0.6 is 11.3 Å². The van der Waals surface area contributed by atoms with E-state index < -0.39 is 11.8 Å². The molecule has 126 valence electrons. The van der Waals surface area contributed by atoms with Crippen LogP contribution in [0.4, 0.5) is 0 Å². The van der Waals surface area contributed by atoms with Gasteiger partial charge >= 0.3 is 35.5 Å². The third-order valence-electron chi connectivity index (χ3n) is 3.50. The Labute approximate surface area is 175 Å². The van der Waals surface area contributed by atoms with E-state index in [9.17, 15) is 9.90 Å². The Bertz CT molecular complexity index is 1000. The number of esters is 1. The summed E-state index contributed by atoms with van der Waals surface area (Å²) in [6.07, 6.45) is 1.44. The number of aliphatic imine (C=N–C) groups is 1. The topological polar surface area (TPSA) is 116 Å². The predicted octanol–water partition coefficient (Wildman–Crippen LogP) is -1.43. The Morgan fingerprint density at radius 1 is 1.46 bits per heavy atom. The van der Waals surface area contributed by atoms with Crippen LogP contribution in [0.25, 0.3) is 15.3 Å². The van der Waals surface area contributed by atoms with Gasteiger partial charge in [0, 0.05) is 11.4 Å². The smallest absolute Gasteiger partial charge is 0.858 e. The van der Waals surface area contributed by atoms with Gasteiger partial charge in [0.2, 0.25) is 11.3 Å². The van der Waals surface area contributed by atoms with Crippen LogP contribution in [0, 0.1) is 11.5 Å². The first-order valence-electron chi connectivity index (χ1n) is 7.20. The monoisotopic (exact) mass is 377 g/mol. The standard InChI is InChI=1S/C16H13N5O3S.Na/c1-9(18-8-17)14-11(7-13(22)24-2)20-21(15(14)23)16-19-10-5-3-4-6-12(10)25-16;/h3-6,23H,7H2,1-2H3;/q;+1/p-1. The number of rotatable bonds is 4. The summed E-state index contributed by atoms with van der Waals surface area (Å²) in [4.78, 5) is 19.6. The molecule has 0 saturated carbocycles. The zero-order valence-corrected chi connectivity index (χ0v) is 17.2. The van der Waals surface area contributed by atoms with Gasteiger partial charge < -0.3 is 9.84 Å². The molecule has 8 nitrogen and oxygen atoms in total. The zero-order chi connectivity index (χ0) is 18.0. The third kappa shape index (κ3) is 3.78. The van der Waals surface area contributed by atoms with Crippen LogP contribution in [0.3, 0.4) is 0 Å². The van der Waals surface area contributed by atoms with E-state index in [1.54, 1.807) is 6.19 Å². The molecule has 0 fully saturated rings. The van der Waals surface area contributed by atoms with Gasteiger partial charge in [0.15, 0.2) is 0 Å². The number of carbonyl (C=O) groups excluding carboxylic acids is 1. The molecule has 0 atom stereocenters. The van der Waals surface area contributed by atoms with Crippen molar-refractivity contribution < 1.29 is 44.2 Å². The van der Waals surface area contributed by atoms with Gasteiger partial charge in [-0.3, -0.25) is 4.79 Å². The summed E-state index contributed by atoms with van der Waals surface area (Å²) in [5.74, 6) is -1.02. The van der Waals surface area contributed by atoms with E-state index >= 15 is 0 Å². The minimum atomic E-state index is -0.542. The summed E-state index contributed by atoms with van der Waals surface area (Å²) in [6, 6.07) is 7.46. The van der Waals surface area contributed by atoms with Gasteiger partial charge in [-0.15, -0.1) is 0 Å². The van der Waals surface area contributed by atoms with Crippen molar-refractivity contribution in [3.05, 3.63) is 35.5 Å². The van der Waals surface area contributed by atoms with E-state index in [0.29, 0.717) is 5.13 Å². The predicted molar refractivity (Wildman–Crippen MR) is 89.7 cm³/mol. The maximum atomic E-state index is 12.8. The normalized spacial score (nSPS) is 11.0. The number of carbonyl (C=O) groups is 1. The molecular formula is C16H12N5NaO3S. The Hall–Kier alpha value is -2.25. The van der Waals surface area contributed by atoms with E-state index in [1.807, 2.05) is 24.3 Å². The number of ether oxygens (including phenoxy) is 1. The molecule has 0 unspecified atom stereocenters. The van der Waals surface area contributed by atoms with Crippen molar-refractivity contribution >= 4 is 33.2 Å². The first kappa shape index (κ1) is 20.1. The first-order valence-corrected chi connectivity index (χ1v) is 8.02. The molecule has 0 saturated heterocycles. The van der Waals surface area contributed by atoms with E-state index in [0.717, 1.165) is 14.9 Å². The summed E-state index contributed by atoms with van der Waals surface area (Å²) < 4.78 is 6.69. The minimum Gasteiger partial charge on any atom is -0.858 e. The molecule has 0 amide bonds. The molecule has 3 aromatic rings. The number of thiazole rings is 1. The van der Waals surface area contributed by atoms with Crippen LogP contribution in [-0.4, -0.2) is 33.6 Å². The summed E-state index contributed by atoms with van der Waals surface area (Å²) in [7, 11) is 1.25. The van der Waals surface area contributed by atoms with Crippen LogP contribution < -0.4 is 34.7 Å². The molecule has 0 radical (unpaired) electrons. The molecule has 0 spiro atoms. The summed E-state index contributed by atoms with van der Waals surface area (Å²) in [6.45, 7) is 1.52. The van der Waals surface area contributed by atoms with Crippen LogP contribution in [0.5, 0.6) is 5.88 Å². The fourth-order valence-corrected chi connectivity index (χ4v) is 3.27.